The van der Waals surface area contributed by atoms with E-state index in [0.29, 0.717) is 27.7 Å². The average Bonchev–Trinajstić information content (AvgIpc) is 2.75. The molecule has 4 aromatic rings. The number of amides is 1. The predicted molar refractivity (Wildman–Crippen MR) is 121 cm³/mol. The van der Waals surface area contributed by atoms with Gasteiger partial charge in [-0.3, -0.25) is 9.59 Å². The van der Waals surface area contributed by atoms with E-state index < -0.39 is 0 Å². The molecule has 1 aromatic carbocycles. The molecule has 1 N–H and O–H groups in total. The number of carbonyl (C=O) groups is 1. The third-order valence-electron chi connectivity index (χ3n) is 4.20. The first kappa shape index (κ1) is 20.2. The number of halogens is 1. The highest BCUT2D eigenvalue weighted by atomic mass is 79.9. The summed E-state index contributed by atoms with van der Waals surface area (Å²) in [6.07, 6.45) is 3.30. The summed E-state index contributed by atoms with van der Waals surface area (Å²) >= 11 is 4.48. The highest BCUT2D eigenvalue weighted by Gasteiger charge is 2.15. The largest absolute Gasteiger partial charge is 0.310 e. The summed E-state index contributed by atoms with van der Waals surface area (Å²) in [7, 11) is 0. The molecule has 0 fully saturated rings. The maximum absolute atomic E-state index is 13.2. The van der Waals surface area contributed by atoms with Gasteiger partial charge in [0.15, 0.2) is 5.16 Å². The summed E-state index contributed by atoms with van der Waals surface area (Å²) in [6, 6.07) is 14.3. The summed E-state index contributed by atoms with van der Waals surface area (Å²) in [5.41, 5.74) is 1.33. The molecular formula is C21H16BrN5O2S. The number of para-hydroxylation sites is 1. The minimum absolute atomic E-state index is 0.0639. The summed E-state index contributed by atoms with van der Waals surface area (Å²) in [4.78, 5) is 38.7. The van der Waals surface area contributed by atoms with Gasteiger partial charge in [-0.2, -0.15) is 0 Å². The fourth-order valence-electron chi connectivity index (χ4n) is 2.76. The van der Waals surface area contributed by atoms with E-state index in [-0.39, 0.29) is 17.2 Å². The molecule has 0 aliphatic rings. The van der Waals surface area contributed by atoms with Crippen molar-refractivity contribution in [2.45, 2.75) is 12.1 Å². The Kier molecular flexibility index (Phi) is 5.91. The lowest BCUT2D eigenvalue weighted by atomic mass is 10.2. The predicted octanol–water partition coefficient (Wildman–Crippen LogP) is 3.98. The van der Waals surface area contributed by atoms with Crippen LogP contribution in [0.1, 0.15) is 5.56 Å². The lowest BCUT2D eigenvalue weighted by Crippen LogP contribution is -2.23. The Balaban J connectivity index is 1.66. The van der Waals surface area contributed by atoms with Crippen LogP contribution in [-0.4, -0.2) is 31.2 Å². The fraction of sp³-hybridized carbons (Fsp3) is 0.0952. The van der Waals surface area contributed by atoms with Crippen LogP contribution in [0.5, 0.6) is 0 Å². The Bertz CT molecular complexity index is 1270. The molecule has 9 heteroatoms. The quantitative estimate of drug-likeness (QED) is 0.342. The number of pyridine rings is 2. The number of aryl methyl sites for hydroxylation is 1. The smallest absolute Gasteiger partial charge is 0.267 e. The molecule has 7 nitrogen and oxygen atoms in total. The number of anilines is 1. The van der Waals surface area contributed by atoms with E-state index in [1.807, 2.05) is 19.1 Å². The number of nitrogens with zero attached hydrogens (tertiary/aromatic N) is 4. The number of thioether (sulfide) groups is 1. The van der Waals surface area contributed by atoms with Gasteiger partial charge in [0, 0.05) is 16.9 Å². The van der Waals surface area contributed by atoms with Gasteiger partial charge in [0.1, 0.15) is 11.6 Å². The van der Waals surface area contributed by atoms with Gasteiger partial charge in [0.25, 0.3) is 5.56 Å². The van der Waals surface area contributed by atoms with Gasteiger partial charge in [0.05, 0.1) is 16.7 Å². The van der Waals surface area contributed by atoms with Gasteiger partial charge >= 0.3 is 0 Å². The first-order valence-electron chi connectivity index (χ1n) is 9.00. The van der Waals surface area contributed by atoms with Crippen molar-refractivity contribution in [1.82, 2.24) is 19.5 Å². The number of nitrogens with one attached hydrogen (secondary N) is 1. The number of fused-ring (bicyclic) bond motifs is 1. The molecule has 3 heterocycles. The average molecular weight is 482 g/mol. The molecule has 0 atom stereocenters. The van der Waals surface area contributed by atoms with Crippen LogP contribution in [0.25, 0.3) is 16.7 Å². The Morgan fingerprint density at radius 1 is 1.10 bits per heavy atom. The van der Waals surface area contributed by atoms with E-state index in [9.17, 15) is 9.59 Å². The minimum Gasteiger partial charge on any atom is -0.310 e. The van der Waals surface area contributed by atoms with Crippen LogP contribution in [0.2, 0.25) is 0 Å². The van der Waals surface area contributed by atoms with Gasteiger partial charge in [-0.25, -0.2) is 19.5 Å². The Labute approximate surface area is 184 Å². The number of benzene rings is 1. The zero-order valence-corrected chi connectivity index (χ0v) is 18.3. The van der Waals surface area contributed by atoms with Crippen molar-refractivity contribution in [2.75, 3.05) is 11.1 Å². The van der Waals surface area contributed by atoms with Gasteiger partial charge in [-0.15, -0.1) is 0 Å². The van der Waals surface area contributed by atoms with Gasteiger partial charge in [-0.1, -0.05) is 30.0 Å². The van der Waals surface area contributed by atoms with Gasteiger partial charge < -0.3 is 5.32 Å². The standard InChI is InChI=1S/C21H16BrN5O2S/c1-13-6-9-18(24-10-13)27-20(29)15-4-2-3-5-16(15)25-21(27)30-12-19(28)26-17-8-7-14(22)11-23-17/h2-11H,12H2,1H3,(H,23,26,28). The molecule has 0 spiro atoms. The Hall–Kier alpha value is -3.04. The summed E-state index contributed by atoms with van der Waals surface area (Å²) < 4.78 is 2.27. The molecule has 0 unspecified atom stereocenters. The third-order valence-corrected chi connectivity index (χ3v) is 5.60. The highest BCUT2D eigenvalue weighted by molar-refractivity contribution is 9.10. The monoisotopic (exact) mass is 481 g/mol. The van der Waals surface area contributed by atoms with Crippen molar-refractivity contribution in [2.24, 2.45) is 0 Å². The molecule has 30 heavy (non-hydrogen) atoms. The van der Waals surface area contributed by atoms with E-state index in [4.69, 9.17) is 0 Å². The molecule has 150 valence electrons. The van der Waals surface area contributed by atoms with E-state index in [2.05, 4.69) is 36.2 Å². The van der Waals surface area contributed by atoms with Crippen molar-refractivity contribution < 1.29 is 4.79 Å². The number of aromatic nitrogens is 4. The zero-order valence-electron chi connectivity index (χ0n) is 15.9. The first-order chi connectivity index (χ1) is 14.5. The number of hydrogen-bond acceptors (Lipinski definition) is 6. The van der Waals surface area contributed by atoms with Crippen LogP contribution >= 0.6 is 27.7 Å². The highest BCUT2D eigenvalue weighted by Crippen LogP contribution is 2.21. The van der Waals surface area contributed by atoms with Gasteiger partial charge in [-0.05, 0) is 58.7 Å². The second kappa shape index (κ2) is 8.76. The lowest BCUT2D eigenvalue weighted by Gasteiger charge is -2.12. The molecule has 3 aromatic heterocycles. The summed E-state index contributed by atoms with van der Waals surface area (Å²) in [5.74, 6) is 0.726. The van der Waals surface area contributed by atoms with Crippen LogP contribution in [0.3, 0.4) is 0 Å². The number of carbonyl (C=O) groups excluding carboxylic acids is 1. The van der Waals surface area contributed by atoms with Gasteiger partial charge in [0.2, 0.25) is 5.91 Å². The first-order valence-corrected chi connectivity index (χ1v) is 10.8. The zero-order chi connectivity index (χ0) is 21.1. The van der Waals surface area contributed by atoms with Crippen molar-refractivity contribution in [3.63, 3.8) is 0 Å². The minimum atomic E-state index is -0.249. The molecule has 0 saturated heterocycles. The summed E-state index contributed by atoms with van der Waals surface area (Å²) in [6.45, 7) is 1.92. The maximum Gasteiger partial charge on any atom is 0.267 e. The molecule has 0 bridgehead atoms. The van der Waals surface area contributed by atoms with Crippen molar-refractivity contribution in [3.05, 3.63) is 81.3 Å². The van der Waals surface area contributed by atoms with Crippen LogP contribution in [0, 0.1) is 6.92 Å². The SMILES string of the molecule is Cc1ccc(-n2c(SCC(=O)Nc3ccc(Br)cn3)nc3ccccc3c2=O)nc1. The molecular weight excluding hydrogens is 466 g/mol. The third kappa shape index (κ3) is 4.42. The van der Waals surface area contributed by atoms with E-state index >= 15 is 0 Å². The summed E-state index contributed by atoms with van der Waals surface area (Å²) in [5, 5.41) is 3.63. The topological polar surface area (TPSA) is 89.8 Å². The molecule has 0 saturated carbocycles. The van der Waals surface area contributed by atoms with Crippen molar-refractivity contribution in [3.8, 4) is 5.82 Å². The second-order valence-corrected chi connectivity index (χ2v) is 8.30. The fourth-order valence-corrected chi connectivity index (χ4v) is 3.80. The molecule has 4 rings (SSSR count). The van der Waals surface area contributed by atoms with E-state index in [1.54, 1.807) is 48.8 Å². The van der Waals surface area contributed by atoms with Crippen LogP contribution in [0.15, 0.2) is 75.3 Å². The Morgan fingerprint density at radius 2 is 1.93 bits per heavy atom. The van der Waals surface area contributed by atoms with Crippen LogP contribution in [-0.2, 0) is 4.79 Å². The van der Waals surface area contributed by atoms with Crippen LogP contribution in [0.4, 0.5) is 5.82 Å². The number of hydrogen-bond donors (Lipinski definition) is 1. The number of rotatable bonds is 5. The molecule has 0 aliphatic carbocycles. The molecule has 0 aliphatic heterocycles. The maximum atomic E-state index is 13.2. The Morgan fingerprint density at radius 3 is 2.67 bits per heavy atom. The van der Waals surface area contributed by atoms with Crippen molar-refractivity contribution in [1.29, 1.82) is 0 Å². The lowest BCUT2D eigenvalue weighted by molar-refractivity contribution is -0.113. The molecule has 0 radical (unpaired) electrons. The second-order valence-electron chi connectivity index (χ2n) is 6.44. The van der Waals surface area contributed by atoms with Crippen LogP contribution < -0.4 is 10.9 Å². The van der Waals surface area contributed by atoms with E-state index in [0.717, 1.165) is 10.0 Å². The normalized spacial score (nSPS) is 10.9. The van der Waals surface area contributed by atoms with Crippen molar-refractivity contribution >= 4 is 50.3 Å². The van der Waals surface area contributed by atoms with E-state index in [1.165, 1.54) is 16.3 Å². The molecule has 1 amide bonds.